The highest BCUT2D eigenvalue weighted by molar-refractivity contribution is 5.69. The molecule has 4 fully saturated rings. The summed E-state index contributed by atoms with van der Waals surface area (Å²) in [6, 6.07) is 8.91. The molecular formula is C29H36F4N4O2. The second-order valence-corrected chi connectivity index (χ2v) is 12.0. The summed E-state index contributed by atoms with van der Waals surface area (Å²) in [5.41, 5.74) is 0.576. The number of hydrogen-bond acceptors (Lipinski definition) is 5. The Morgan fingerprint density at radius 1 is 0.846 bits per heavy atom. The highest BCUT2D eigenvalue weighted by Crippen LogP contribution is 2.33. The molecule has 10 heteroatoms. The van der Waals surface area contributed by atoms with Crippen LogP contribution in [-0.4, -0.2) is 76.7 Å². The van der Waals surface area contributed by atoms with Crippen LogP contribution in [0, 0.1) is 23.3 Å². The number of nitrogens with one attached hydrogen (secondary N) is 1. The summed E-state index contributed by atoms with van der Waals surface area (Å²) in [7, 11) is 0. The lowest BCUT2D eigenvalue weighted by atomic mass is 10.1. The normalized spacial score (nSPS) is 26.2. The second-order valence-electron chi connectivity index (χ2n) is 12.0. The third kappa shape index (κ3) is 6.56. The van der Waals surface area contributed by atoms with Crippen molar-refractivity contribution in [2.45, 2.75) is 76.5 Å². The van der Waals surface area contributed by atoms with Gasteiger partial charge in [-0.25, -0.2) is 22.4 Å². The average Bonchev–Trinajstić information content (AvgIpc) is 3.64. The van der Waals surface area contributed by atoms with Gasteiger partial charge in [-0.3, -0.25) is 9.80 Å². The molecule has 0 saturated carbocycles. The van der Waals surface area contributed by atoms with Crippen molar-refractivity contribution in [3.05, 3.63) is 70.8 Å². The Labute approximate surface area is 226 Å². The zero-order valence-corrected chi connectivity index (χ0v) is 22.6. The lowest BCUT2D eigenvalue weighted by molar-refractivity contribution is 0.0123. The van der Waals surface area contributed by atoms with Gasteiger partial charge in [0.05, 0.1) is 0 Å². The van der Waals surface area contributed by atoms with Gasteiger partial charge < -0.3 is 15.0 Å². The van der Waals surface area contributed by atoms with Gasteiger partial charge in [-0.1, -0.05) is 12.1 Å². The minimum absolute atomic E-state index is 0.110. The predicted octanol–water partition coefficient (Wildman–Crippen LogP) is 4.67. The Balaban J connectivity index is 0.000000168. The van der Waals surface area contributed by atoms with Crippen LogP contribution in [0.1, 0.15) is 44.7 Å². The van der Waals surface area contributed by atoms with Gasteiger partial charge in [0.1, 0.15) is 28.9 Å². The standard InChI is InChI=1S/C17H22F2N2O2.C12H14F2N2/c1-17(2,3)23-16(22)21-10-13-7-14(21)9-20(13)8-11-4-5-12(18)6-15(11)19;13-9-2-1-8(12(14)3-9)6-16-7-10-4-11(16)5-15-10/h4-6,13-14H,7-10H2,1-3H3;1-3,10-11,15H,4-7H2/t13-,14-;10-,11-/m00/s1. The van der Waals surface area contributed by atoms with Gasteiger partial charge in [0.2, 0.25) is 0 Å². The third-order valence-electron chi connectivity index (χ3n) is 7.93. The van der Waals surface area contributed by atoms with Gasteiger partial charge in [0.15, 0.2) is 0 Å². The van der Waals surface area contributed by atoms with Crippen LogP contribution < -0.4 is 5.32 Å². The van der Waals surface area contributed by atoms with E-state index in [4.69, 9.17) is 4.74 Å². The quantitative estimate of drug-likeness (QED) is 0.563. The fourth-order valence-electron chi connectivity index (χ4n) is 6.07. The van der Waals surface area contributed by atoms with Gasteiger partial charge in [-0.05, 0) is 45.7 Å². The van der Waals surface area contributed by atoms with Crippen molar-refractivity contribution < 1.29 is 27.1 Å². The molecule has 1 amide bonds. The minimum Gasteiger partial charge on any atom is -0.444 e. The van der Waals surface area contributed by atoms with E-state index >= 15 is 0 Å². The molecule has 4 atom stereocenters. The number of benzene rings is 2. The molecule has 6 nitrogen and oxygen atoms in total. The zero-order chi connectivity index (χ0) is 27.9. The fourth-order valence-corrected chi connectivity index (χ4v) is 6.07. The Hall–Kier alpha value is -2.69. The number of amides is 1. The van der Waals surface area contributed by atoms with Crippen molar-refractivity contribution in [2.75, 3.05) is 26.2 Å². The Kier molecular flexibility index (Phi) is 7.90. The van der Waals surface area contributed by atoms with Crippen LogP contribution in [0.3, 0.4) is 0 Å². The lowest BCUT2D eigenvalue weighted by Gasteiger charge is -2.35. The number of likely N-dealkylation sites (tertiary alicyclic amines) is 3. The fraction of sp³-hybridized carbons (Fsp3) is 0.552. The maximum atomic E-state index is 13.8. The van der Waals surface area contributed by atoms with Crippen LogP contribution in [0.25, 0.3) is 0 Å². The Bertz CT molecular complexity index is 1210. The number of fused-ring (bicyclic) bond motifs is 4. The summed E-state index contributed by atoms with van der Waals surface area (Å²) in [6.45, 7) is 9.84. The number of carbonyl (C=O) groups is 1. The van der Waals surface area contributed by atoms with Crippen LogP contribution in [0.15, 0.2) is 36.4 Å². The number of hydrogen-bond donors (Lipinski definition) is 1. The molecule has 4 aliphatic heterocycles. The van der Waals surface area contributed by atoms with Gasteiger partial charge in [0, 0.05) is 86.7 Å². The number of rotatable bonds is 4. The van der Waals surface area contributed by atoms with Crippen LogP contribution in [0.4, 0.5) is 22.4 Å². The Morgan fingerprint density at radius 2 is 1.44 bits per heavy atom. The first-order valence-corrected chi connectivity index (χ1v) is 13.5. The minimum atomic E-state index is -0.565. The number of piperazine rings is 2. The average molecular weight is 549 g/mol. The summed E-state index contributed by atoms with van der Waals surface area (Å²) in [5.74, 6) is -2.02. The summed E-state index contributed by atoms with van der Waals surface area (Å²) >= 11 is 0. The molecule has 0 radical (unpaired) electrons. The molecular weight excluding hydrogens is 512 g/mol. The van der Waals surface area contributed by atoms with E-state index in [0.717, 1.165) is 38.1 Å². The molecule has 4 bridgehead atoms. The molecule has 0 aromatic heterocycles. The van der Waals surface area contributed by atoms with E-state index in [1.807, 2.05) is 20.8 Å². The van der Waals surface area contributed by atoms with E-state index in [0.29, 0.717) is 49.4 Å². The van der Waals surface area contributed by atoms with Gasteiger partial charge in [0.25, 0.3) is 0 Å². The highest BCUT2D eigenvalue weighted by atomic mass is 19.1. The van der Waals surface area contributed by atoms with E-state index in [-0.39, 0.29) is 18.2 Å². The molecule has 2 aromatic carbocycles. The van der Waals surface area contributed by atoms with Crippen molar-refractivity contribution in [1.82, 2.24) is 20.0 Å². The van der Waals surface area contributed by atoms with Crippen molar-refractivity contribution in [1.29, 1.82) is 0 Å². The first kappa shape index (κ1) is 27.9. The predicted molar refractivity (Wildman–Crippen MR) is 139 cm³/mol. The summed E-state index contributed by atoms with van der Waals surface area (Å²) < 4.78 is 58.4. The van der Waals surface area contributed by atoms with Crippen LogP contribution in [-0.2, 0) is 17.8 Å². The molecule has 4 saturated heterocycles. The maximum Gasteiger partial charge on any atom is 0.410 e. The lowest BCUT2D eigenvalue weighted by Crippen LogP contribution is -2.49. The van der Waals surface area contributed by atoms with Crippen molar-refractivity contribution in [3.8, 4) is 0 Å². The molecule has 212 valence electrons. The van der Waals surface area contributed by atoms with Crippen molar-refractivity contribution in [2.24, 2.45) is 0 Å². The van der Waals surface area contributed by atoms with Gasteiger partial charge in [-0.15, -0.1) is 0 Å². The number of nitrogens with zero attached hydrogens (tertiary/aromatic N) is 3. The second kappa shape index (κ2) is 11.1. The molecule has 6 rings (SSSR count). The maximum absolute atomic E-state index is 13.8. The van der Waals surface area contributed by atoms with Crippen LogP contribution in [0.5, 0.6) is 0 Å². The van der Waals surface area contributed by atoms with E-state index < -0.39 is 28.9 Å². The molecule has 0 spiro atoms. The summed E-state index contributed by atoms with van der Waals surface area (Å²) in [4.78, 5) is 18.4. The van der Waals surface area contributed by atoms with Crippen molar-refractivity contribution >= 4 is 6.09 Å². The first-order valence-electron chi connectivity index (χ1n) is 13.5. The highest BCUT2D eigenvalue weighted by Gasteiger charge is 2.46. The molecule has 1 N–H and O–H groups in total. The van der Waals surface area contributed by atoms with E-state index in [9.17, 15) is 22.4 Å². The summed E-state index contributed by atoms with van der Waals surface area (Å²) in [6.07, 6.45) is 1.75. The van der Waals surface area contributed by atoms with Gasteiger partial charge >= 0.3 is 6.09 Å². The molecule has 39 heavy (non-hydrogen) atoms. The SMILES string of the molecule is CC(C)(C)OC(=O)N1C[C@@H]2C[C@H]1CN2Cc1ccc(F)cc1F.Fc1ccc(CN2C[C@@H]3C[C@H]2CN3)c(F)c1. The molecule has 0 aliphatic carbocycles. The molecule has 4 heterocycles. The topological polar surface area (TPSA) is 48.1 Å². The Morgan fingerprint density at radius 3 is 1.87 bits per heavy atom. The third-order valence-corrected chi connectivity index (χ3v) is 7.93. The monoisotopic (exact) mass is 548 g/mol. The number of carbonyl (C=O) groups excluding carboxylic acids is 1. The molecule has 2 aromatic rings. The van der Waals surface area contributed by atoms with Crippen molar-refractivity contribution in [3.63, 3.8) is 0 Å². The summed E-state index contributed by atoms with van der Waals surface area (Å²) in [5, 5.41) is 3.40. The van der Waals surface area contributed by atoms with E-state index in [2.05, 4.69) is 15.1 Å². The largest absolute Gasteiger partial charge is 0.444 e. The van der Waals surface area contributed by atoms with Gasteiger partial charge in [-0.2, -0.15) is 0 Å². The smallest absolute Gasteiger partial charge is 0.410 e. The van der Waals surface area contributed by atoms with Crippen LogP contribution in [0.2, 0.25) is 0 Å². The van der Waals surface area contributed by atoms with E-state index in [1.54, 1.807) is 11.0 Å². The number of ether oxygens (including phenoxy) is 1. The molecule has 0 unspecified atom stereocenters. The number of halogens is 4. The molecule has 4 aliphatic rings. The van der Waals surface area contributed by atoms with Crippen LogP contribution >= 0.6 is 0 Å². The van der Waals surface area contributed by atoms with E-state index in [1.165, 1.54) is 18.2 Å². The zero-order valence-electron chi connectivity index (χ0n) is 22.6. The first-order chi connectivity index (χ1) is 18.4.